The normalized spacial score (nSPS) is 18.0. The number of ether oxygens (including phenoxy) is 1. The second-order valence-corrected chi connectivity index (χ2v) is 4.92. The molecule has 6 heteroatoms. The minimum Gasteiger partial charge on any atom is -0.388 e. The molecule has 6 nitrogen and oxygen atoms in total. The van der Waals surface area contributed by atoms with Crippen molar-refractivity contribution in [1.29, 1.82) is 0 Å². The first kappa shape index (κ1) is 14.6. The molecule has 0 spiro atoms. The average molecular weight is 279 g/mol. The summed E-state index contributed by atoms with van der Waals surface area (Å²) in [6, 6.07) is 5.11. The van der Waals surface area contributed by atoms with Crippen LogP contribution in [0.15, 0.2) is 18.2 Å². The summed E-state index contributed by atoms with van der Waals surface area (Å²) in [6.45, 7) is 4.44. The van der Waals surface area contributed by atoms with E-state index in [9.17, 15) is 10.1 Å². The Morgan fingerprint density at radius 2 is 2.30 bits per heavy atom. The van der Waals surface area contributed by atoms with Gasteiger partial charge in [0.1, 0.15) is 0 Å². The van der Waals surface area contributed by atoms with E-state index in [1.54, 1.807) is 19.2 Å². The second-order valence-electron chi connectivity index (χ2n) is 4.92. The van der Waals surface area contributed by atoms with Gasteiger partial charge in [0.25, 0.3) is 5.69 Å². The van der Waals surface area contributed by atoms with Crippen molar-refractivity contribution in [2.45, 2.75) is 25.9 Å². The fourth-order valence-electron chi connectivity index (χ4n) is 2.48. The van der Waals surface area contributed by atoms with E-state index in [2.05, 4.69) is 10.2 Å². The van der Waals surface area contributed by atoms with Gasteiger partial charge in [-0.3, -0.25) is 10.1 Å². The number of nitro benzene ring substituents is 1. The van der Waals surface area contributed by atoms with Crippen molar-refractivity contribution in [1.82, 2.24) is 0 Å². The standard InChI is InChI=1S/C14H21N3O3/c1-3-16(10-14-5-4-6-20-14)12-7-11(15-2)8-13(9-12)17(18)19/h7-9,14-15H,3-6,10H2,1-2H3. The number of hydrogen-bond acceptors (Lipinski definition) is 5. The lowest BCUT2D eigenvalue weighted by Crippen LogP contribution is -2.32. The van der Waals surface area contributed by atoms with Gasteiger partial charge in [-0.15, -0.1) is 0 Å². The maximum absolute atomic E-state index is 11.0. The third-order valence-corrected chi connectivity index (χ3v) is 3.60. The molecule has 1 unspecified atom stereocenters. The smallest absolute Gasteiger partial charge is 0.273 e. The van der Waals surface area contributed by atoms with Crippen LogP contribution < -0.4 is 10.2 Å². The fraction of sp³-hybridized carbons (Fsp3) is 0.571. The highest BCUT2D eigenvalue weighted by atomic mass is 16.6. The van der Waals surface area contributed by atoms with Crippen LogP contribution in [-0.2, 0) is 4.74 Å². The number of rotatable bonds is 6. The molecule has 1 aromatic carbocycles. The number of hydrogen-bond donors (Lipinski definition) is 1. The topological polar surface area (TPSA) is 67.6 Å². The number of anilines is 2. The molecule has 1 heterocycles. The van der Waals surface area contributed by atoms with E-state index < -0.39 is 0 Å². The largest absolute Gasteiger partial charge is 0.388 e. The Labute approximate surface area is 118 Å². The highest BCUT2D eigenvalue weighted by molar-refractivity contribution is 5.64. The van der Waals surface area contributed by atoms with Crippen LogP contribution in [-0.4, -0.2) is 37.8 Å². The van der Waals surface area contributed by atoms with Gasteiger partial charge in [-0.25, -0.2) is 0 Å². The van der Waals surface area contributed by atoms with Crippen molar-refractivity contribution in [3.8, 4) is 0 Å². The minimum atomic E-state index is -0.357. The van der Waals surface area contributed by atoms with E-state index in [-0.39, 0.29) is 16.7 Å². The van der Waals surface area contributed by atoms with Gasteiger partial charge >= 0.3 is 0 Å². The monoisotopic (exact) mass is 279 g/mol. The first-order valence-electron chi connectivity index (χ1n) is 6.97. The zero-order chi connectivity index (χ0) is 14.5. The Bertz CT molecular complexity index is 473. The minimum absolute atomic E-state index is 0.109. The summed E-state index contributed by atoms with van der Waals surface area (Å²) in [5.74, 6) is 0. The fourth-order valence-corrected chi connectivity index (χ4v) is 2.48. The van der Waals surface area contributed by atoms with E-state index in [0.717, 1.165) is 43.9 Å². The molecule has 1 saturated heterocycles. The molecule has 0 radical (unpaired) electrons. The van der Waals surface area contributed by atoms with Gasteiger partial charge in [-0.05, 0) is 25.8 Å². The van der Waals surface area contributed by atoms with E-state index >= 15 is 0 Å². The van der Waals surface area contributed by atoms with Gasteiger partial charge in [-0.1, -0.05) is 0 Å². The molecule has 0 aromatic heterocycles. The van der Waals surface area contributed by atoms with Crippen LogP contribution in [0.1, 0.15) is 19.8 Å². The highest BCUT2D eigenvalue weighted by Crippen LogP contribution is 2.28. The molecule has 1 N–H and O–H groups in total. The van der Waals surface area contributed by atoms with E-state index in [1.807, 2.05) is 13.0 Å². The number of nitrogens with zero attached hydrogens (tertiary/aromatic N) is 2. The number of non-ortho nitro benzene ring substituents is 1. The number of benzene rings is 1. The number of nitrogens with one attached hydrogen (secondary N) is 1. The third-order valence-electron chi connectivity index (χ3n) is 3.60. The summed E-state index contributed by atoms with van der Waals surface area (Å²) in [6.07, 6.45) is 2.38. The van der Waals surface area contributed by atoms with Gasteiger partial charge in [-0.2, -0.15) is 0 Å². The van der Waals surface area contributed by atoms with Crippen molar-refractivity contribution in [3.63, 3.8) is 0 Å². The van der Waals surface area contributed by atoms with Crippen LogP contribution in [0.5, 0.6) is 0 Å². The van der Waals surface area contributed by atoms with Crippen molar-refractivity contribution in [2.24, 2.45) is 0 Å². The average Bonchev–Trinajstić information content (AvgIpc) is 2.97. The summed E-state index contributed by atoms with van der Waals surface area (Å²) in [5, 5.41) is 14.0. The van der Waals surface area contributed by atoms with Gasteiger partial charge in [0.2, 0.25) is 0 Å². The molecule has 0 aliphatic carbocycles. The number of nitro groups is 1. The van der Waals surface area contributed by atoms with Crippen molar-refractivity contribution in [2.75, 3.05) is 37.0 Å². The van der Waals surface area contributed by atoms with Gasteiger partial charge in [0.15, 0.2) is 0 Å². The van der Waals surface area contributed by atoms with Crippen molar-refractivity contribution >= 4 is 17.1 Å². The SMILES string of the molecule is CCN(CC1CCCO1)c1cc(NC)cc([N+](=O)[O-])c1. The van der Waals surface area contributed by atoms with Crippen LogP contribution in [0, 0.1) is 10.1 Å². The summed E-state index contributed by atoms with van der Waals surface area (Å²) < 4.78 is 5.65. The van der Waals surface area contributed by atoms with Gasteiger partial charge < -0.3 is 15.0 Å². The predicted molar refractivity (Wildman–Crippen MR) is 79.5 cm³/mol. The van der Waals surface area contributed by atoms with Crippen LogP contribution in [0.2, 0.25) is 0 Å². The van der Waals surface area contributed by atoms with Gasteiger partial charge in [0, 0.05) is 50.3 Å². The molecule has 0 bridgehead atoms. The number of likely N-dealkylation sites (N-methyl/N-ethyl adjacent to an activating group) is 1. The predicted octanol–water partition coefficient (Wildman–Crippen LogP) is 2.64. The molecule has 1 aliphatic rings. The summed E-state index contributed by atoms with van der Waals surface area (Å²) >= 11 is 0. The lowest BCUT2D eigenvalue weighted by Gasteiger charge is -2.26. The first-order chi connectivity index (χ1) is 9.63. The maximum Gasteiger partial charge on any atom is 0.273 e. The summed E-state index contributed by atoms with van der Waals surface area (Å²) in [4.78, 5) is 12.8. The summed E-state index contributed by atoms with van der Waals surface area (Å²) in [5.41, 5.74) is 1.72. The van der Waals surface area contributed by atoms with Crippen molar-refractivity contribution < 1.29 is 9.66 Å². The molecular formula is C14H21N3O3. The molecule has 1 atom stereocenters. The second kappa shape index (κ2) is 6.56. The Kier molecular flexibility index (Phi) is 4.79. The third kappa shape index (κ3) is 3.39. The summed E-state index contributed by atoms with van der Waals surface area (Å²) in [7, 11) is 1.76. The van der Waals surface area contributed by atoms with Gasteiger partial charge in [0.05, 0.1) is 11.0 Å². The quantitative estimate of drug-likeness (QED) is 0.640. The maximum atomic E-state index is 11.0. The molecular weight excluding hydrogens is 258 g/mol. The van der Waals surface area contributed by atoms with Crippen LogP contribution in [0.3, 0.4) is 0 Å². The molecule has 1 aliphatic heterocycles. The lowest BCUT2D eigenvalue weighted by molar-refractivity contribution is -0.384. The van der Waals surface area contributed by atoms with E-state index in [0.29, 0.717) is 0 Å². The Hall–Kier alpha value is -1.82. The lowest BCUT2D eigenvalue weighted by atomic mass is 10.2. The molecule has 0 saturated carbocycles. The first-order valence-corrected chi connectivity index (χ1v) is 6.97. The Balaban J connectivity index is 2.22. The van der Waals surface area contributed by atoms with Crippen molar-refractivity contribution in [3.05, 3.63) is 28.3 Å². The van der Waals surface area contributed by atoms with E-state index in [4.69, 9.17) is 4.74 Å². The molecule has 1 aromatic rings. The molecule has 1 fully saturated rings. The molecule has 2 rings (SSSR count). The van der Waals surface area contributed by atoms with Crippen LogP contribution in [0.25, 0.3) is 0 Å². The zero-order valence-electron chi connectivity index (χ0n) is 12.0. The Morgan fingerprint density at radius 3 is 2.85 bits per heavy atom. The van der Waals surface area contributed by atoms with E-state index in [1.165, 1.54) is 0 Å². The molecule has 110 valence electrons. The zero-order valence-corrected chi connectivity index (χ0v) is 12.0. The van der Waals surface area contributed by atoms with Crippen LogP contribution in [0.4, 0.5) is 17.1 Å². The molecule has 0 amide bonds. The Morgan fingerprint density at radius 1 is 1.50 bits per heavy atom. The van der Waals surface area contributed by atoms with Crippen LogP contribution >= 0.6 is 0 Å². The molecule has 20 heavy (non-hydrogen) atoms. The highest BCUT2D eigenvalue weighted by Gasteiger charge is 2.20.